The molecule has 126 valence electrons. The van der Waals surface area contributed by atoms with E-state index < -0.39 is 0 Å². The molecule has 0 aromatic carbocycles. The van der Waals surface area contributed by atoms with Gasteiger partial charge in [0.25, 0.3) is 5.91 Å². The van der Waals surface area contributed by atoms with E-state index in [1.165, 1.54) is 0 Å². The molecule has 0 aliphatic heterocycles. The highest BCUT2D eigenvalue weighted by Crippen LogP contribution is 2.21. The SMILES string of the molecule is Cc1nn(Cc2ccc(C(=O)NCc3ccnn3C)o2)c(C)c1Br. The van der Waals surface area contributed by atoms with Crippen molar-refractivity contribution >= 4 is 21.8 Å². The Kier molecular flexibility index (Phi) is 4.57. The van der Waals surface area contributed by atoms with E-state index >= 15 is 0 Å². The van der Waals surface area contributed by atoms with Crippen LogP contribution in [-0.2, 0) is 20.1 Å². The van der Waals surface area contributed by atoms with Crippen LogP contribution in [0, 0.1) is 13.8 Å². The first-order valence-corrected chi connectivity index (χ1v) is 8.28. The minimum atomic E-state index is -0.253. The number of rotatable bonds is 5. The second kappa shape index (κ2) is 6.64. The van der Waals surface area contributed by atoms with E-state index in [-0.39, 0.29) is 11.7 Å². The molecule has 0 aliphatic carbocycles. The Balaban J connectivity index is 1.65. The van der Waals surface area contributed by atoms with Crippen molar-refractivity contribution in [1.82, 2.24) is 24.9 Å². The van der Waals surface area contributed by atoms with Gasteiger partial charge in [0.1, 0.15) is 5.76 Å². The summed E-state index contributed by atoms with van der Waals surface area (Å²) in [6.07, 6.45) is 1.69. The van der Waals surface area contributed by atoms with Crippen LogP contribution >= 0.6 is 15.9 Å². The van der Waals surface area contributed by atoms with Gasteiger partial charge in [-0.2, -0.15) is 10.2 Å². The minimum absolute atomic E-state index is 0.253. The quantitative estimate of drug-likeness (QED) is 0.724. The summed E-state index contributed by atoms with van der Waals surface area (Å²) >= 11 is 3.50. The number of nitrogens with zero attached hydrogens (tertiary/aromatic N) is 4. The molecule has 0 saturated heterocycles. The molecule has 0 unspecified atom stereocenters. The maximum atomic E-state index is 12.2. The molecular formula is C16H18BrN5O2. The summed E-state index contributed by atoms with van der Waals surface area (Å²) in [7, 11) is 1.83. The van der Waals surface area contributed by atoms with Crippen LogP contribution in [-0.4, -0.2) is 25.5 Å². The fourth-order valence-corrected chi connectivity index (χ4v) is 2.68. The smallest absolute Gasteiger partial charge is 0.287 e. The van der Waals surface area contributed by atoms with Gasteiger partial charge in [-0.1, -0.05) is 0 Å². The van der Waals surface area contributed by atoms with Crippen LogP contribution in [0.25, 0.3) is 0 Å². The number of aryl methyl sites for hydroxylation is 2. The highest BCUT2D eigenvalue weighted by Gasteiger charge is 2.14. The molecule has 0 aliphatic rings. The van der Waals surface area contributed by atoms with Gasteiger partial charge >= 0.3 is 0 Å². The molecule has 8 heteroatoms. The topological polar surface area (TPSA) is 77.9 Å². The molecule has 3 aromatic heterocycles. The van der Waals surface area contributed by atoms with Gasteiger partial charge in [-0.25, -0.2) is 0 Å². The Hall–Kier alpha value is -2.35. The summed E-state index contributed by atoms with van der Waals surface area (Å²) in [5.41, 5.74) is 2.86. The number of aromatic nitrogens is 4. The van der Waals surface area contributed by atoms with Gasteiger partial charge in [0.05, 0.1) is 34.6 Å². The van der Waals surface area contributed by atoms with Crippen LogP contribution in [0.2, 0.25) is 0 Å². The van der Waals surface area contributed by atoms with E-state index in [0.717, 1.165) is 21.6 Å². The van der Waals surface area contributed by atoms with E-state index in [1.807, 2.05) is 31.6 Å². The zero-order chi connectivity index (χ0) is 17.3. The molecule has 0 spiro atoms. The number of halogens is 1. The van der Waals surface area contributed by atoms with E-state index in [2.05, 4.69) is 31.4 Å². The van der Waals surface area contributed by atoms with Gasteiger partial charge in [-0.3, -0.25) is 14.2 Å². The van der Waals surface area contributed by atoms with Crippen molar-refractivity contribution in [2.45, 2.75) is 26.9 Å². The number of furan rings is 1. The van der Waals surface area contributed by atoms with Crippen LogP contribution in [0.1, 0.15) is 33.4 Å². The average molecular weight is 392 g/mol. The lowest BCUT2D eigenvalue weighted by Gasteiger charge is -2.04. The summed E-state index contributed by atoms with van der Waals surface area (Å²) in [5, 5.41) is 11.3. The summed E-state index contributed by atoms with van der Waals surface area (Å²) in [6.45, 7) is 4.80. The number of hydrogen-bond donors (Lipinski definition) is 1. The summed E-state index contributed by atoms with van der Waals surface area (Å²) < 4.78 is 10.2. The molecule has 0 fully saturated rings. The second-order valence-corrected chi connectivity index (χ2v) is 6.33. The van der Waals surface area contributed by atoms with Crippen LogP contribution < -0.4 is 5.32 Å². The number of nitrogens with one attached hydrogen (secondary N) is 1. The lowest BCUT2D eigenvalue weighted by molar-refractivity contribution is 0.0920. The van der Waals surface area contributed by atoms with Gasteiger partial charge < -0.3 is 9.73 Å². The Bertz CT molecular complexity index is 877. The molecular weight excluding hydrogens is 374 g/mol. The maximum Gasteiger partial charge on any atom is 0.287 e. The van der Waals surface area contributed by atoms with Crippen molar-refractivity contribution in [3.8, 4) is 0 Å². The molecule has 0 atom stereocenters. The lowest BCUT2D eigenvalue weighted by atomic mass is 10.3. The van der Waals surface area contributed by atoms with Crippen molar-refractivity contribution in [2.75, 3.05) is 0 Å². The van der Waals surface area contributed by atoms with Crippen molar-refractivity contribution < 1.29 is 9.21 Å². The largest absolute Gasteiger partial charge is 0.454 e. The van der Waals surface area contributed by atoms with Crippen molar-refractivity contribution in [2.24, 2.45) is 7.05 Å². The van der Waals surface area contributed by atoms with Gasteiger partial charge in [0.2, 0.25) is 0 Å². The molecule has 3 aromatic rings. The zero-order valence-corrected chi connectivity index (χ0v) is 15.3. The standard InChI is InChI=1S/C16H18BrN5O2/c1-10-15(17)11(2)22(20-10)9-13-4-5-14(24-13)16(23)18-8-12-6-7-19-21(12)3/h4-7H,8-9H2,1-3H3,(H,18,23). The third-order valence-electron chi connectivity index (χ3n) is 3.84. The Labute approximate surface area is 147 Å². The second-order valence-electron chi connectivity index (χ2n) is 5.54. The van der Waals surface area contributed by atoms with Crippen molar-refractivity contribution in [1.29, 1.82) is 0 Å². The molecule has 1 amide bonds. The molecule has 7 nitrogen and oxygen atoms in total. The lowest BCUT2D eigenvalue weighted by Crippen LogP contribution is -2.23. The molecule has 3 rings (SSSR count). The van der Waals surface area contributed by atoms with E-state index in [0.29, 0.717) is 18.8 Å². The van der Waals surface area contributed by atoms with E-state index in [4.69, 9.17) is 4.42 Å². The number of carbonyl (C=O) groups is 1. The van der Waals surface area contributed by atoms with Crippen LogP contribution in [0.15, 0.2) is 33.3 Å². The van der Waals surface area contributed by atoms with Gasteiger partial charge in [0, 0.05) is 13.2 Å². The highest BCUT2D eigenvalue weighted by molar-refractivity contribution is 9.10. The first kappa shape index (κ1) is 16.5. The third kappa shape index (κ3) is 3.28. The Morgan fingerprint density at radius 1 is 1.33 bits per heavy atom. The van der Waals surface area contributed by atoms with Crippen molar-refractivity contribution in [3.05, 3.63) is 57.5 Å². The van der Waals surface area contributed by atoms with Crippen LogP contribution in [0.4, 0.5) is 0 Å². The number of carbonyl (C=O) groups excluding carboxylic acids is 1. The molecule has 0 radical (unpaired) electrons. The first-order valence-electron chi connectivity index (χ1n) is 7.49. The van der Waals surface area contributed by atoms with Crippen LogP contribution in [0.3, 0.4) is 0 Å². The number of hydrogen-bond acceptors (Lipinski definition) is 4. The zero-order valence-electron chi connectivity index (χ0n) is 13.7. The molecule has 24 heavy (non-hydrogen) atoms. The van der Waals surface area contributed by atoms with Gasteiger partial charge in [-0.15, -0.1) is 0 Å². The highest BCUT2D eigenvalue weighted by atomic mass is 79.9. The fourth-order valence-electron chi connectivity index (χ4n) is 2.39. The average Bonchev–Trinajstić information content (AvgIpc) is 3.24. The van der Waals surface area contributed by atoms with E-state index in [9.17, 15) is 4.79 Å². The molecule has 0 bridgehead atoms. The predicted octanol–water partition coefficient (Wildman–Crippen LogP) is 2.57. The maximum absolute atomic E-state index is 12.2. The summed E-state index contributed by atoms with van der Waals surface area (Å²) in [4.78, 5) is 12.2. The third-order valence-corrected chi connectivity index (χ3v) is 4.98. The van der Waals surface area contributed by atoms with E-state index in [1.54, 1.807) is 23.0 Å². The monoisotopic (exact) mass is 391 g/mol. The Morgan fingerprint density at radius 2 is 2.12 bits per heavy atom. The normalized spacial score (nSPS) is 11.0. The predicted molar refractivity (Wildman–Crippen MR) is 91.6 cm³/mol. The molecule has 1 N–H and O–H groups in total. The van der Waals surface area contributed by atoms with Crippen LogP contribution in [0.5, 0.6) is 0 Å². The summed E-state index contributed by atoms with van der Waals surface area (Å²) in [6, 6.07) is 5.33. The number of amides is 1. The molecule has 3 heterocycles. The molecule has 0 saturated carbocycles. The summed E-state index contributed by atoms with van der Waals surface area (Å²) in [5.74, 6) is 0.712. The minimum Gasteiger partial charge on any atom is -0.454 e. The first-order chi connectivity index (χ1) is 11.5. The fraction of sp³-hybridized carbons (Fsp3) is 0.312. The van der Waals surface area contributed by atoms with Gasteiger partial charge in [-0.05, 0) is 48.0 Å². The Morgan fingerprint density at radius 3 is 2.75 bits per heavy atom. The van der Waals surface area contributed by atoms with Gasteiger partial charge in [0.15, 0.2) is 5.76 Å². The van der Waals surface area contributed by atoms with Crippen molar-refractivity contribution in [3.63, 3.8) is 0 Å².